The highest BCUT2D eigenvalue weighted by Gasteiger charge is 2.10. The minimum absolute atomic E-state index is 0.0331. The summed E-state index contributed by atoms with van der Waals surface area (Å²) in [6.07, 6.45) is 5.19. The first kappa shape index (κ1) is 14.9. The molecule has 0 spiro atoms. The lowest BCUT2D eigenvalue weighted by molar-refractivity contribution is -0.151. The number of carbonyl (C=O) groups excluding carboxylic acids is 1. The van der Waals surface area contributed by atoms with E-state index < -0.39 is 11.9 Å². The molecule has 0 rings (SSSR count). The first-order valence-electron chi connectivity index (χ1n) is 5.97. The second-order valence-electron chi connectivity index (χ2n) is 4.04. The molecule has 0 radical (unpaired) electrons. The van der Waals surface area contributed by atoms with Gasteiger partial charge in [0.1, 0.15) is 0 Å². The number of hydrogen-bond donors (Lipinski definition) is 1. The summed E-state index contributed by atoms with van der Waals surface area (Å²) in [7, 11) is 0. The van der Waals surface area contributed by atoms with Gasteiger partial charge in [0.2, 0.25) is 0 Å². The van der Waals surface area contributed by atoms with Gasteiger partial charge in [0.25, 0.3) is 0 Å². The fraction of sp³-hybridized carbons (Fsp3) is 0.833. The molecule has 0 bridgehead atoms. The first-order valence-corrected chi connectivity index (χ1v) is 5.97. The van der Waals surface area contributed by atoms with Gasteiger partial charge >= 0.3 is 11.9 Å². The van der Waals surface area contributed by atoms with Crippen molar-refractivity contribution in [3.05, 3.63) is 0 Å². The molecule has 1 N–H and O–H groups in total. The van der Waals surface area contributed by atoms with Crippen LogP contribution in [0.1, 0.15) is 58.8 Å². The van der Waals surface area contributed by atoms with Crippen LogP contribution >= 0.6 is 0 Å². The minimum Gasteiger partial charge on any atom is -0.481 e. The van der Waals surface area contributed by atoms with Crippen molar-refractivity contribution in [1.29, 1.82) is 0 Å². The maximum Gasteiger partial charge on any atom is 0.306 e. The van der Waals surface area contributed by atoms with E-state index in [-0.39, 0.29) is 18.9 Å². The number of carbonyl (C=O) groups is 2. The highest BCUT2D eigenvalue weighted by Crippen LogP contribution is 2.09. The van der Waals surface area contributed by atoms with Crippen molar-refractivity contribution in [1.82, 2.24) is 0 Å². The van der Waals surface area contributed by atoms with E-state index in [1.54, 1.807) is 0 Å². The molecular formula is C12H22O4. The zero-order valence-electron chi connectivity index (χ0n) is 10.2. The van der Waals surface area contributed by atoms with Gasteiger partial charge in [-0.3, -0.25) is 9.59 Å². The monoisotopic (exact) mass is 230 g/mol. The van der Waals surface area contributed by atoms with Crippen molar-refractivity contribution in [2.75, 3.05) is 0 Å². The lowest BCUT2D eigenvalue weighted by Gasteiger charge is -2.12. The van der Waals surface area contributed by atoms with Gasteiger partial charge in [-0.05, 0) is 19.8 Å². The zero-order chi connectivity index (χ0) is 12.4. The summed E-state index contributed by atoms with van der Waals surface area (Å²) in [6, 6.07) is 0. The molecule has 1 atom stereocenters. The molecule has 0 aromatic heterocycles. The Labute approximate surface area is 97.0 Å². The van der Waals surface area contributed by atoms with Crippen LogP contribution in [-0.4, -0.2) is 23.1 Å². The second kappa shape index (κ2) is 9.19. The van der Waals surface area contributed by atoms with Crippen LogP contribution in [0.3, 0.4) is 0 Å². The summed E-state index contributed by atoms with van der Waals surface area (Å²) in [5, 5.41) is 8.39. The van der Waals surface area contributed by atoms with Gasteiger partial charge in [-0.1, -0.05) is 26.2 Å². The van der Waals surface area contributed by atoms with E-state index in [4.69, 9.17) is 9.84 Å². The van der Waals surface area contributed by atoms with Crippen LogP contribution < -0.4 is 0 Å². The van der Waals surface area contributed by atoms with Crippen LogP contribution in [-0.2, 0) is 14.3 Å². The molecule has 0 aliphatic carbocycles. The predicted octanol–water partition coefficient (Wildman–Crippen LogP) is 2.75. The van der Waals surface area contributed by atoms with Crippen LogP contribution in [0.15, 0.2) is 0 Å². The second-order valence-corrected chi connectivity index (χ2v) is 4.04. The van der Waals surface area contributed by atoms with Crippen LogP contribution in [0.4, 0.5) is 0 Å². The minimum atomic E-state index is -0.965. The molecule has 0 saturated carbocycles. The van der Waals surface area contributed by atoms with E-state index in [1.165, 1.54) is 12.8 Å². The van der Waals surface area contributed by atoms with Gasteiger partial charge in [-0.2, -0.15) is 0 Å². The van der Waals surface area contributed by atoms with E-state index in [2.05, 4.69) is 6.92 Å². The molecule has 0 heterocycles. The number of aliphatic carboxylic acids is 1. The molecule has 0 aromatic carbocycles. The van der Waals surface area contributed by atoms with Gasteiger partial charge in [0, 0.05) is 0 Å². The van der Waals surface area contributed by atoms with Gasteiger partial charge in [-0.15, -0.1) is 0 Å². The third-order valence-electron chi connectivity index (χ3n) is 2.34. The summed E-state index contributed by atoms with van der Waals surface area (Å²) in [5.41, 5.74) is 0. The summed E-state index contributed by atoms with van der Waals surface area (Å²) >= 11 is 0. The van der Waals surface area contributed by atoms with E-state index in [9.17, 15) is 9.59 Å². The highest BCUT2D eigenvalue weighted by molar-refractivity contribution is 5.76. The van der Waals surface area contributed by atoms with E-state index in [1.807, 2.05) is 6.92 Å². The Morgan fingerprint density at radius 3 is 2.44 bits per heavy atom. The van der Waals surface area contributed by atoms with Gasteiger partial charge < -0.3 is 9.84 Å². The molecule has 1 unspecified atom stereocenters. The molecule has 0 amide bonds. The fourth-order valence-corrected chi connectivity index (χ4v) is 1.41. The maximum atomic E-state index is 11.2. The topological polar surface area (TPSA) is 63.6 Å². The largest absolute Gasteiger partial charge is 0.481 e. The number of hydrogen-bond acceptors (Lipinski definition) is 3. The molecule has 0 aliphatic heterocycles. The number of carboxylic acids is 1. The highest BCUT2D eigenvalue weighted by atomic mass is 16.5. The molecule has 0 fully saturated rings. The molecule has 16 heavy (non-hydrogen) atoms. The Morgan fingerprint density at radius 1 is 1.19 bits per heavy atom. The van der Waals surface area contributed by atoms with Crippen LogP contribution in [0.25, 0.3) is 0 Å². The van der Waals surface area contributed by atoms with Crippen LogP contribution in [0.2, 0.25) is 0 Å². The third kappa shape index (κ3) is 9.49. The molecular weight excluding hydrogens is 208 g/mol. The summed E-state index contributed by atoms with van der Waals surface area (Å²) in [5.74, 6) is -1.38. The lowest BCUT2D eigenvalue weighted by Crippen LogP contribution is -2.15. The molecule has 0 aliphatic rings. The number of rotatable bonds is 9. The Hall–Kier alpha value is -1.06. The van der Waals surface area contributed by atoms with Crippen molar-refractivity contribution >= 4 is 11.9 Å². The summed E-state index contributed by atoms with van der Waals surface area (Å²) in [6.45, 7) is 4.00. The number of carboxylic acid groups (broad SMARTS) is 1. The van der Waals surface area contributed by atoms with E-state index in [0.29, 0.717) is 0 Å². The van der Waals surface area contributed by atoms with E-state index in [0.717, 1.165) is 19.3 Å². The SMILES string of the molecule is CCCCCCC(C)OC(=O)CCC(=O)O. The molecule has 0 saturated heterocycles. The number of ether oxygens (including phenoxy) is 1. The Kier molecular flexibility index (Phi) is 8.58. The quantitative estimate of drug-likeness (QED) is 0.488. The van der Waals surface area contributed by atoms with Crippen molar-refractivity contribution in [2.45, 2.75) is 64.9 Å². The lowest BCUT2D eigenvalue weighted by atomic mass is 10.1. The average Bonchev–Trinajstić information content (AvgIpc) is 2.21. The number of unbranched alkanes of at least 4 members (excludes halogenated alkanes) is 3. The maximum absolute atomic E-state index is 11.2. The summed E-state index contributed by atoms with van der Waals surface area (Å²) < 4.78 is 5.08. The molecule has 4 nitrogen and oxygen atoms in total. The Bertz CT molecular complexity index is 213. The summed E-state index contributed by atoms with van der Waals surface area (Å²) in [4.78, 5) is 21.4. The molecule has 4 heteroatoms. The van der Waals surface area contributed by atoms with Crippen LogP contribution in [0.5, 0.6) is 0 Å². The van der Waals surface area contributed by atoms with Crippen LogP contribution in [0, 0.1) is 0 Å². The molecule has 94 valence electrons. The third-order valence-corrected chi connectivity index (χ3v) is 2.34. The Morgan fingerprint density at radius 2 is 1.88 bits per heavy atom. The first-order chi connectivity index (χ1) is 7.56. The average molecular weight is 230 g/mol. The smallest absolute Gasteiger partial charge is 0.306 e. The van der Waals surface area contributed by atoms with E-state index >= 15 is 0 Å². The fourth-order valence-electron chi connectivity index (χ4n) is 1.41. The molecule has 0 aromatic rings. The van der Waals surface area contributed by atoms with Gasteiger partial charge in [0.05, 0.1) is 18.9 Å². The Balaban J connectivity index is 3.50. The van der Waals surface area contributed by atoms with Crippen molar-refractivity contribution in [2.24, 2.45) is 0 Å². The van der Waals surface area contributed by atoms with Gasteiger partial charge in [0.15, 0.2) is 0 Å². The predicted molar refractivity (Wildman–Crippen MR) is 61.2 cm³/mol. The van der Waals surface area contributed by atoms with Gasteiger partial charge in [-0.25, -0.2) is 0 Å². The van der Waals surface area contributed by atoms with Crippen molar-refractivity contribution < 1.29 is 19.4 Å². The number of esters is 1. The standard InChI is InChI=1S/C12H22O4/c1-3-4-5-6-7-10(2)16-12(15)9-8-11(13)14/h10H,3-9H2,1-2H3,(H,13,14). The normalized spacial score (nSPS) is 12.1. The zero-order valence-corrected chi connectivity index (χ0v) is 10.2. The van der Waals surface area contributed by atoms with Crippen molar-refractivity contribution in [3.63, 3.8) is 0 Å². The van der Waals surface area contributed by atoms with Crippen molar-refractivity contribution in [3.8, 4) is 0 Å².